The number of benzene rings is 1. The third kappa shape index (κ3) is 4.41. The third-order valence-corrected chi connectivity index (χ3v) is 7.12. The zero-order chi connectivity index (χ0) is 25.4. The molecule has 2 aromatic heterocycles. The second kappa shape index (κ2) is 9.50. The van der Waals surface area contributed by atoms with Crippen LogP contribution >= 0.6 is 11.3 Å². The minimum absolute atomic E-state index is 0.00536. The molecule has 4 heterocycles. The number of nitrogens with zero attached hydrogens (tertiary/aromatic N) is 2. The van der Waals surface area contributed by atoms with Gasteiger partial charge < -0.3 is 19.3 Å². The lowest BCUT2D eigenvalue weighted by atomic mass is 9.89. The number of ketones is 1. The van der Waals surface area contributed by atoms with Gasteiger partial charge in [0.15, 0.2) is 17.3 Å². The van der Waals surface area contributed by atoms with E-state index in [1.54, 1.807) is 23.5 Å². The van der Waals surface area contributed by atoms with Gasteiger partial charge in [-0.1, -0.05) is 12.1 Å². The molecule has 186 valence electrons. The van der Waals surface area contributed by atoms with Crippen molar-refractivity contribution in [2.75, 3.05) is 25.2 Å². The minimum Gasteiger partial charge on any atom is -0.503 e. The first kappa shape index (κ1) is 24.2. The van der Waals surface area contributed by atoms with Crippen LogP contribution in [0.3, 0.4) is 0 Å². The van der Waals surface area contributed by atoms with E-state index in [1.165, 1.54) is 18.2 Å². The quantitative estimate of drug-likeness (QED) is 0.487. The summed E-state index contributed by atoms with van der Waals surface area (Å²) in [7, 11) is 1.48. The van der Waals surface area contributed by atoms with Gasteiger partial charge in [0.05, 0.1) is 31.9 Å². The highest BCUT2D eigenvalue weighted by atomic mass is 32.1. The number of aromatic nitrogens is 1. The Morgan fingerprint density at radius 1 is 1.11 bits per heavy atom. The molecule has 1 N–H and O–H groups in total. The van der Waals surface area contributed by atoms with E-state index in [0.717, 1.165) is 11.1 Å². The molecule has 1 saturated heterocycles. The Labute approximate surface area is 212 Å². The van der Waals surface area contributed by atoms with E-state index < -0.39 is 29.3 Å². The van der Waals surface area contributed by atoms with Crippen LogP contribution in [0.1, 0.15) is 24.2 Å². The highest BCUT2D eigenvalue weighted by molar-refractivity contribution is 7.08. The summed E-state index contributed by atoms with van der Waals surface area (Å²) in [6.45, 7) is 4.12. The van der Waals surface area contributed by atoms with E-state index in [-0.39, 0.29) is 30.3 Å². The first-order valence-corrected chi connectivity index (χ1v) is 12.5. The van der Waals surface area contributed by atoms with Crippen molar-refractivity contribution in [2.24, 2.45) is 5.92 Å². The van der Waals surface area contributed by atoms with Gasteiger partial charge in [-0.15, -0.1) is 0 Å². The van der Waals surface area contributed by atoms with Crippen LogP contribution in [-0.2, 0) is 14.3 Å². The molecule has 8 nitrogen and oxygen atoms in total. The van der Waals surface area contributed by atoms with Crippen molar-refractivity contribution in [2.45, 2.75) is 25.7 Å². The molecular weight excluding hydrogens is 480 g/mol. The first-order valence-electron chi connectivity index (χ1n) is 11.5. The van der Waals surface area contributed by atoms with E-state index >= 15 is 0 Å². The minimum atomic E-state index is -0.782. The summed E-state index contributed by atoms with van der Waals surface area (Å²) in [5.41, 5.74) is 2.90. The van der Waals surface area contributed by atoms with Crippen molar-refractivity contribution in [3.8, 4) is 17.0 Å². The lowest BCUT2D eigenvalue weighted by molar-refractivity contribution is -0.262. The number of carbonyl (C=O) groups excluding carboxylic acids is 2. The molecule has 0 bridgehead atoms. The number of hydrogen-bond donors (Lipinski definition) is 1. The lowest BCUT2D eigenvalue weighted by Crippen LogP contribution is -2.50. The fourth-order valence-electron chi connectivity index (χ4n) is 4.51. The average molecular weight is 507 g/mol. The molecule has 0 spiro atoms. The molecule has 2 aliphatic heterocycles. The molecule has 9 heteroatoms. The number of methoxy groups -OCH3 is 1. The van der Waals surface area contributed by atoms with Gasteiger partial charge in [-0.2, -0.15) is 11.3 Å². The molecule has 2 aliphatic rings. The van der Waals surface area contributed by atoms with Gasteiger partial charge in [0.1, 0.15) is 0 Å². The summed E-state index contributed by atoms with van der Waals surface area (Å²) in [6, 6.07) is 11.8. The highest BCUT2D eigenvalue weighted by Crippen LogP contribution is 2.39. The highest BCUT2D eigenvalue weighted by Gasteiger charge is 2.49. The largest absolute Gasteiger partial charge is 0.503 e. The van der Waals surface area contributed by atoms with Crippen molar-refractivity contribution in [1.82, 2.24) is 4.98 Å². The van der Waals surface area contributed by atoms with Crippen LogP contribution in [-0.4, -0.2) is 53.9 Å². The number of amides is 1. The number of ether oxygens (including phenoxy) is 3. The smallest absolute Gasteiger partial charge is 0.294 e. The van der Waals surface area contributed by atoms with Gasteiger partial charge >= 0.3 is 0 Å². The summed E-state index contributed by atoms with van der Waals surface area (Å²) in [4.78, 5) is 32.6. The van der Waals surface area contributed by atoms with Crippen molar-refractivity contribution >= 4 is 28.7 Å². The number of thiophene rings is 1. The lowest BCUT2D eigenvalue weighted by Gasteiger charge is -2.40. The van der Waals surface area contributed by atoms with Crippen LogP contribution in [0, 0.1) is 5.92 Å². The predicted octanol–water partition coefficient (Wildman–Crippen LogP) is 4.63. The van der Waals surface area contributed by atoms with Gasteiger partial charge in [0.2, 0.25) is 5.88 Å². The van der Waals surface area contributed by atoms with Crippen molar-refractivity contribution in [3.63, 3.8) is 0 Å². The SMILES string of the molecule is COc1ccc(C(=O)C2=C(O)C(=O)N(c3ccc(-c4ccsc4)cc3)C2C2COC(C)(C)OC2)cn1. The Balaban J connectivity index is 1.53. The maximum atomic E-state index is 13.6. The number of hydrogen-bond acceptors (Lipinski definition) is 8. The number of Topliss-reactive ketones (excluding diaryl/α,β-unsaturated/α-hetero) is 1. The summed E-state index contributed by atoms with van der Waals surface area (Å²) in [5, 5.41) is 15.0. The molecular formula is C27H26N2O6S. The van der Waals surface area contributed by atoms with Crippen LogP contribution in [0.25, 0.3) is 11.1 Å². The first-order chi connectivity index (χ1) is 17.3. The fraction of sp³-hybridized carbons (Fsp3) is 0.296. The van der Waals surface area contributed by atoms with E-state index in [4.69, 9.17) is 14.2 Å². The zero-order valence-electron chi connectivity index (χ0n) is 20.1. The average Bonchev–Trinajstić information content (AvgIpc) is 3.51. The molecule has 1 unspecified atom stereocenters. The number of pyridine rings is 1. The summed E-state index contributed by atoms with van der Waals surface area (Å²) >= 11 is 1.60. The van der Waals surface area contributed by atoms with Crippen LogP contribution in [0.4, 0.5) is 5.69 Å². The number of aliphatic hydroxyl groups is 1. The van der Waals surface area contributed by atoms with Gasteiger partial charge in [-0.3, -0.25) is 14.5 Å². The van der Waals surface area contributed by atoms with Gasteiger partial charge in [0, 0.05) is 29.4 Å². The molecule has 1 amide bonds. The Morgan fingerprint density at radius 2 is 1.83 bits per heavy atom. The zero-order valence-corrected chi connectivity index (χ0v) is 21.0. The Hall–Kier alpha value is -3.53. The van der Waals surface area contributed by atoms with Crippen LogP contribution in [0.5, 0.6) is 5.88 Å². The third-order valence-electron chi connectivity index (χ3n) is 6.44. The number of carbonyl (C=O) groups is 2. The van der Waals surface area contributed by atoms with Crippen molar-refractivity contribution < 1.29 is 28.9 Å². The van der Waals surface area contributed by atoms with E-state index in [9.17, 15) is 14.7 Å². The number of anilines is 1. The van der Waals surface area contributed by atoms with Crippen molar-refractivity contribution in [1.29, 1.82) is 0 Å². The molecule has 0 saturated carbocycles. The fourth-order valence-corrected chi connectivity index (χ4v) is 5.18. The molecule has 3 aromatic rings. The molecule has 1 aromatic carbocycles. The monoisotopic (exact) mass is 506 g/mol. The summed E-state index contributed by atoms with van der Waals surface area (Å²) < 4.78 is 16.8. The van der Waals surface area contributed by atoms with E-state index in [2.05, 4.69) is 4.98 Å². The second-order valence-electron chi connectivity index (χ2n) is 9.14. The Bertz CT molecular complexity index is 1290. The Morgan fingerprint density at radius 3 is 2.42 bits per heavy atom. The van der Waals surface area contributed by atoms with Crippen molar-refractivity contribution in [3.05, 3.63) is 76.3 Å². The predicted molar refractivity (Wildman–Crippen MR) is 135 cm³/mol. The van der Waals surface area contributed by atoms with Crippen LogP contribution < -0.4 is 9.64 Å². The molecule has 36 heavy (non-hydrogen) atoms. The number of rotatable bonds is 6. The van der Waals surface area contributed by atoms with E-state index in [1.807, 2.05) is 54.9 Å². The second-order valence-corrected chi connectivity index (χ2v) is 9.92. The molecule has 0 radical (unpaired) electrons. The normalized spacial score (nSPS) is 20.1. The maximum absolute atomic E-state index is 13.6. The summed E-state index contributed by atoms with van der Waals surface area (Å²) in [6.07, 6.45) is 1.37. The molecule has 1 atom stereocenters. The molecule has 5 rings (SSSR count). The van der Waals surface area contributed by atoms with Gasteiger partial charge in [-0.25, -0.2) is 4.98 Å². The summed E-state index contributed by atoms with van der Waals surface area (Å²) in [5.74, 6) is -2.50. The molecule has 1 fully saturated rings. The number of aliphatic hydroxyl groups excluding tert-OH is 1. The van der Waals surface area contributed by atoms with Gasteiger partial charge in [0.25, 0.3) is 5.91 Å². The Kier molecular flexibility index (Phi) is 6.38. The van der Waals surface area contributed by atoms with Gasteiger partial charge in [-0.05, 0) is 60.0 Å². The standard InChI is InChI=1S/C27H26N2O6S/c1-27(2)34-13-19(14-35-27)23-22(24(30)17-6-9-21(33-3)28-12-17)25(31)26(32)29(23)20-7-4-16(5-8-20)18-10-11-36-15-18/h4-12,15,19,23,31H,13-14H2,1-3H3. The van der Waals surface area contributed by atoms with Crippen LogP contribution in [0.2, 0.25) is 0 Å². The molecule has 0 aliphatic carbocycles. The maximum Gasteiger partial charge on any atom is 0.294 e. The van der Waals surface area contributed by atoms with E-state index in [0.29, 0.717) is 11.6 Å². The topological polar surface area (TPSA) is 98.2 Å². The van der Waals surface area contributed by atoms with Crippen LogP contribution in [0.15, 0.2) is 70.8 Å².